The zero-order valence-corrected chi connectivity index (χ0v) is 9.62. The number of nitrogens with zero attached hydrogens (tertiary/aromatic N) is 1. The topological polar surface area (TPSA) is 12.4 Å². The average molecular weight is 218 g/mol. The molecule has 1 heterocycles. The normalized spacial score (nSPS) is 43.2. The maximum absolute atomic E-state index is 3.80. The van der Waals surface area contributed by atoms with Crippen molar-refractivity contribution in [2.75, 3.05) is 12.3 Å². The molecule has 0 aromatic heterocycles. The van der Waals surface area contributed by atoms with Gasteiger partial charge in [-0.05, 0) is 36.5 Å². The fourth-order valence-electron chi connectivity index (χ4n) is 3.20. The molecular weight excluding hydrogens is 202 g/mol. The van der Waals surface area contributed by atoms with Crippen LogP contribution in [0.5, 0.6) is 0 Å². The van der Waals surface area contributed by atoms with E-state index in [1.807, 2.05) is 0 Å². The molecule has 15 heavy (non-hydrogen) atoms. The van der Waals surface area contributed by atoms with Gasteiger partial charge < -0.3 is 0 Å². The van der Waals surface area contributed by atoms with Gasteiger partial charge in [-0.25, -0.2) is 0 Å². The third-order valence-electron chi connectivity index (χ3n) is 3.89. The van der Waals surface area contributed by atoms with Crippen molar-refractivity contribution in [1.82, 2.24) is 0 Å². The van der Waals surface area contributed by atoms with Gasteiger partial charge in [0.25, 0.3) is 0 Å². The van der Waals surface area contributed by atoms with Crippen LogP contribution < -0.4 is 0 Å². The smallest absolute Gasteiger partial charge is 0.122 e. The molecule has 2 bridgehead atoms. The Morgan fingerprint density at radius 1 is 1.20 bits per heavy atom. The predicted octanol–water partition coefficient (Wildman–Crippen LogP) is 3.02. The number of hydrogen-bond acceptors (Lipinski definition) is 2. The van der Waals surface area contributed by atoms with Gasteiger partial charge in [-0.2, -0.15) is 0 Å². The fraction of sp³-hybridized carbons (Fsp3) is 0.615. The van der Waals surface area contributed by atoms with Gasteiger partial charge >= 0.3 is 0 Å². The molecule has 0 aromatic carbocycles. The molecular formula is C13H16NS. The third kappa shape index (κ3) is 1.80. The van der Waals surface area contributed by atoms with E-state index in [4.69, 9.17) is 0 Å². The second-order valence-electron chi connectivity index (χ2n) is 4.67. The lowest BCUT2D eigenvalue weighted by Gasteiger charge is -2.18. The van der Waals surface area contributed by atoms with E-state index in [-0.39, 0.29) is 0 Å². The summed E-state index contributed by atoms with van der Waals surface area (Å²) in [6, 6.07) is 0. The first-order valence-corrected chi connectivity index (χ1v) is 6.82. The van der Waals surface area contributed by atoms with Crippen LogP contribution in [0.2, 0.25) is 0 Å². The molecule has 1 fully saturated rings. The first-order valence-electron chi connectivity index (χ1n) is 5.83. The van der Waals surface area contributed by atoms with Crippen LogP contribution in [0.3, 0.4) is 0 Å². The lowest BCUT2D eigenvalue weighted by molar-refractivity contribution is 0.398. The highest BCUT2D eigenvalue weighted by Gasteiger charge is 2.44. The van der Waals surface area contributed by atoms with E-state index in [2.05, 4.69) is 34.8 Å². The predicted molar refractivity (Wildman–Crippen MR) is 66.2 cm³/mol. The second kappa shape index (κ2) is 4.17. The summed E-state index contributed by atoms with van der Waals surface area (Å²) in [5.41, 5.74) is 2.76. The molecule has 0 aromatic rings. The molecule has 0 amide bonds. The zero-order chi connectivity index (χ0) is 10.1. The number of rotatable bonds is 0. The van der Waals surface area contributed by atoms with Crippen molar-refractivity contribution < 1.29 is 0 Å². The fourth-order valence-corrected chi connectivity index (χ4v) is 3.66. The van der Waals surface area contributed by atoms with Gasteiger partial charge in [-0.1, -0.05) is 24.3 Å². The van der Waals surface area contributed by atoms with E-state index < -0.39 is 0 Å². The van der Waals surface area contributed by atoms with Crippen molar-refractivity contribution in [1.29, 1.82) is 0 Å². The molecule has 1 radical (unpaired) electrons. The van der Waals surface area contributed by atoms with Gasteiger partial charge in [-0.3, -0.25) is 4.99 Å². The Labute approximate surface area is 95.7 Å². The number of allylic oxidation sites excluding steroid dienone is 4. The summed E-state index contributed by atoms with van der Waals surface area (Å²) in [4.78, 5) is 3.80. The SMILES string of the molecule is C1=CC2C3C=CC(C3)C2C1.[C]1=NCCS1. The molecule has 3 aliphatic carbocycles. The minimum absolute atomic E-state index is 0.925. The van der Waals surface area contributed by atoms with Crippen molar-refractivity contribution in [3.63, 3.8) is 0 Å². The Hall–Kier alpha value is -0.500. The average Bonchev–Trinajstić information content (AvgIpc) is 3.06. The Balaban J connectivity index is 0.000000123. The lowest BCUT2D eigenvalue weighted by Crippen LogP contribution is -2.12. The molecule has 2 heteroatoms. The quantitative estimate of drug-likeness (QED) is 0.569. The summed E-state index contributed by atoms with van der Waals surface area (Å²) in [6.45, 7) is 0.977. The molecule has 1 nitrogen and oxygen atoms in total. The second-order valence-corrected chi connectivity index (χ2v) is 5.55. The maximum atomic E-state index is 3.80. The molecule has 79 valence electrons. The minimum atomic E-state index is 0.925. The van der Waals surface area contributed by atoms with Crippen molar-refractivity contribution in [3.05, 3.63) is 24.3 Å². The van der Waals surface area contributed by atoms with Crippen LogP contribution in [0.4, 0.5) is 0 Å². The van der Waals surface area contributed by atoms with Crippen molar-refractivity contribution in [2.45, 2.75) is 12.8 Å². The summed E-state index contributed by atoms with van der Waals surface area (Å²) >= 11 is 1.66. The van der Waals surface area contributed by atoms with Gasteiger partial charge in [0.15, 0.2) is 0 Å². The van der Waals surface area contributed by atoms with Gasteiger partial charge in [0.2, 0.25) is 0 Å². The summed E-state index contributed by atoms with van der Waals surface area (Å²) < 4.78 is 0. The minimum Gasteiger partial charge on any atom is -0.275 e. The molecule has 0 spiro atoms. The van der Waals surface area contributed by atoms with E-state index in [1.165, 1.54) is 12.8 Å². The molecule has 4 aliphatic rings. The summed E-state index contributed by atoms with van der Waals surface area (Å²) in [6.07, 6.45) is 12.5. The van der Waals surface area contributed by atoms with Gasteiger partial charge in [0.05, 0.1) is 0 Å². The van der Waals surface area contributed by atoms with Gasteiger partial charge in [0, 0.05) is 12.3 Å². The molecule has 4 atom stereocenters. The molecule has 4 rings (SSSR count). The molecule has 1 saturated carbocycles. The van der Waals surface area contributed by atoms with Crippen molar-refractivity contribution >= 4 is 17.3 Å². The number of fused-ring (bicyclic) bond motifs is 5. The highest BCUT2D eigenvalue weighted by atomic mass is 32.2. The highest BCUT2D eigenvalue weighted by Crippen LogP contribution is 2.52. The Kier molecular flexibility index (Phi) is 2.70. The van der Waals surface area contributed by atoms with E-state index >= 15 is 0 Å². The van der Waals surface area contributed by atoms with E-state index in [0.717, 1.165) is 36.0 Å². The zero-order valence-electron chi connectivity index (χ0n) is 8.80. The maximum Gasteiger partial charge on any atom is 0.122 e. The van der Waals surface area contributed by atoms with Crippen LogP contribution in [0.1, 0.15) is 12.8 Å². The standard InChI is InChI=1S/C10H12.C3H4NS/c1-2-9-7-4-5-8(6-7)10(9)3-1;1-2-5-3-4-1/h1-2,4-5,7-10H,3,6H2;1-2H2. The summed E-state index contributed by atoms with van der Waals surface area (Å²) in [7, 11) is 0. The van der Waals surface area contributed by atoms with E-state index in [9.17, 15) is 0 Å². The van der Waals surface area contributed by atoms with Crippen LogP contribution in [-0.4, -0.2) is 17.8 Å². The number of hydrogen-bond donors (Lipinski definition) is 0. The van der Waals surface area contributed by atoms with Crippen LogP contribution in [0, 0.1) is 23.7 Å². The first kappa shape index (κ1) is 9.71. The van der Waals surface area contributed by atoms with Crippen LogP contribution in [-0.2, 0) is 0 Å². The number of aliphatic imine (C=N–C) groups is 1. The summed E-state index contributed by atoms with van der Waals surface area (Å²) in [5, 5.41) is 0. The van der Waals surface area contributed by atoms with E-state index in [1.54, 1.807) is 11.8 Å². The first-order chi connectivity index (χ1) is 7.45. The van der Waals surface area contributed by atoms with Crippen LogP contribution >= 0.6 is 11.8 Å². The van der Waals surface area contributed by atoms with Crippen molar-refractivity contribution in [3.8, 4) is 0 Å². The molecule has 0 saturated heterocycles. The van der Waals surface area contributed by atoms with Crippen LogP contribution in [0.25, 0.3) is 0 Å². The third-order valence-corrected chi connectivity index (χ3v) is 4.53. The Morgan fingerprint density at radius 2 is 2.13 bits per heavy atom. The van der Waals surface area contributed by atoms with E-state index in [0.29, 0.717) is 0 Å². The lowest BCUT2D eigenvalue weighted by atomic mass is 9.86. The van der Waals surface area contributed by atoms with Gasteiger partial charge in [0.1, 0.15) is 5.55 Å². The number of thioether (sulfide) groups is 1. The molecule has 1 aliphatic heterocycles. The largest absolute Gasteiger partial charge is 0.275 e. The highest BCUT2D eigenvalue weighted by molar-refractivity contribution is 8.12. The van der Waals surface area contributed by atoms with Crippen molar-refractivity contribution in [2.24, 2.45) is 28.7 Å². The Morgan fingerprint density at radius 3 is 2.80 bits per heavy atom. The summed E-state index contributed by atoms with van der Waals surface area (Å²) in [5.74, 6) is 4.96. The molecule has 4 unspecified atom stereocenters. The van der Waals surface area contributed by atoms with Gasteiger partial charge in [-0.15, -0.1) is 11.8 Å². The molecule has 0 N–H and O–H groups in total. The Bertz CT molecular complexity index is 312. The van der Waals surface area contributed by atoms with Crippen LogP contribution in [0.15, 0.2) is 29.3 Å². The monoisotopic (exact) mass is 218 g/mol.